The summed E-state index contributed by atoms with van der Waals surface area (Å²) < 4.78 is 16.2. The third kappa shape index (κ3) is 3.72. The fourth-order valence-corrected chi connectivity index (χ4v) is 2.97. The summed E-state index contributed by atoms with van der Waals surface area (Å²) in [6.45, 7) is 1.74. The van der Waals surface area contributed by atoms with Gasteiger partial charge < -0.3 is 19.5 Å². The molecule has 0 spiro atoms. The number of nitro groups is 1. The van der Waals surface area contributed by atoms with Crippen molar-refractivity contribution in [1.82, 2.24) is 0 Å². The first-order valence-corrected chi connectivity index (χ1v) is 8.18. The van der Waals surface area contributed by atoms with E-state index in [1.54, 1.807) is 13.0 Å². The van der Waals surface area contributed by atoms with Crippen LogP contribution in [0.5, 0.6) is 17.2 Å². The highest BCUT2D eigenvalue weighted by atomic mass is 79.9. The van der Waals surface area contributed by atoms with Crippen LogP contribution in [0.15, 0.2) is 28.7 Å². The maximum atomic E-state index is 12.7. The van der Waals surface area contributed by atoms with Crippen LogP contribution in [-0.2, 0) is 0 Å². The molecule has 0 aliphatic carbocycles. The van der Waals surface area contributed by atoms with Gasteiger partial charge in [-0.05, 0) is 34.5 Å². The molecule has 26 heavy (non-hydrogen) atoms. The molecule has 0 saturated heterocycles. The molecule has 0 aliphatic rings. The van der Waals surface area contributed by atoms with E-state index in [2.05, 4.69) is 21.2 Å². The predicted molar refractivity (Wildman–Crippen MR) is 99.6 cm³/mol. The van der Waals surface area contributed by atoms with Crippen molar-refractivity contribution in [1.29, 1.82) is 0 Å². The van der Waals surface area contributed by atoms with E-state index in [1.165, 1.54) is 39.5 Å². The zero-order valence-electron chi connectivity index (χ0n) is 14.6. The maximum Gasteiger partial charge on any atom is 0.271 e. The summed E-state index contributed by atoms with van der Waals surface area (Å²) in [5, 5.41) is 13.6. The van der Waals surface area contributed by atoms with E-state index in [4.69, 9.17) is 14.2 Å². The number of carbonyl (C=O) groups is 1. The number of halogens is 1. The predicted octanol–water partition coefficient (Wildman–Crippen LogP) is 3.94. The van der Waals surface area contributed by atoms with Gasteiger partial charge in [0.2, 0.25) is 5.75 Å². The van der Waals surface area contributed by atoms with Crippen molar-refractivity contribution in [2.45, 2.75) is 6.92 Å². The van der Waals surface area contributed by atoms with Crippen LogP contribution in [0.1, 0.15) is 15.9 Å². The summed E-state index contributed by atoms with van der Waals surface area (Å²) in [6, 6.07) is 5.74. The zero-order valence-corrected chi connectivity index (χ0v) is 16.2. The molecule has 0 fully saturated rings. The number of methoxy groups -OCH3 is 3. The van der Waals surface area contributed by atoms with E-state index in [1.807, 2.05) is 0 Å². The highest BCUT2D eigenvalue weighted by Gasteiger charge is 2.23. The Bertz CT molecular complexity index is 869. The number of nitrogens with one attached hydrogen (secondary N) is 1. The Balaban J connectivity index is 2.48. The van der Waals surface area contributed by atoms with Crippen LogP contribution < -0.4 is 19.5 Å². The number of nitro benzene ring substituents is 1. The number of aryl methyl sites for hydroxylation is 1. The van der Waals surface area contributed by atoms with E-state index < -0.39 is 10.8 Å². The van der Waals surface area contributed by atoms with Gasteiger partial charge in [0.15, 0.2) is 11.5 Å². The number of benzene rings is 2. The topological polar surface area (TPSA) is 99.9 Å². The van der Waals surface area contributed by atoms with Gasteiger partial charge in [-0.15, -0.1) is 0 Å². The fraction of sp³-hybridized carbons (Fsp3) is 0.235. The molecule has 1 N–H and O–H groups in total. The molecule has 1 amide bonds. The minimum absolute atomic E-state index is 0.116. The number of carbonyl (C=O) groups excluding carboxylic acids is 1. The standard InChI is InChI=1S/C17H17BrN2O6/c1-9-5-6-10(20(22)23)7-12(9)19-17(21)11-8-13(24-2)15(25-3)16(26-4)14(11)18/h5-8H,1-4H3,(H,19,21). The Morgan fingerprint density at radius 1 is 1.12 bits per heavy atom. The molecule has 0 bridgehead atoms. The normalized spacial score (nSPS) is 10.2. The van der Waals surface area contributed by atoms with Crippen molar-refractivity contribution in [3.63, 3.8) is 0 Å². The van der Waals surface area contributed by atoms with E-state index in [0.717, 1.165) is 0 Å². The van der Waals surface area contributed by atoms with Crippen LogP contribution in [0.2, 0.25) is 0 Å². The Labute approximate surface area is 158 Å². The highest BCUT2D eigenvalue weighted by Crippen LogP contribution is 2.44. The number of anilines is 1. The number of rotatable bonds is 6. The molecule has 8 nitrogen and oxygen atoms in total. The molecule has 0 atom stereocenters. The summed E-state index contributed by atoms with van der Waals surface area (Å²) in [6.07, 6.45) is 0. The summed E-state index contributed by atoms with van der Waals surface area (Å²) in [5.74, 6) is 0.464. The van der Waals surface area contributed by atoms with E-state index >= 15 is 0 Å². The monoisotopic (exact) mass is 424 g/mol. The van der Waals surface area contributed by atoms with Gasteiger partial charge >= 0.3 is 0 Å². The third-order valence-electron chi connectivity index (χ3n) is 3.69. The van der Waals surface area contributed by atoms with Gasteiger partial charge in [-0.25, -0.2) is 0 Å². The minimum atomic E-state index is -0.523. The van der Waals surface area contributed by atoms with Crippen molar-refractivity contribution in [3.05, 3.63) is 50.0 Å². The van der Waals surface area contributed by atoms with Gasteiger partial charge in [-0.3, -0.25) is 14.9 Å². The SMILES string of the molecule is COc1cc(C(=O)Nc2cc([N+](=O)[O-])ccc2C)c(Br)c(OC)c1OC. The fourth-order valence-electron chi connectivity index (χ4n) is 2.33. The number of amides is 1. The molecule has 9 heteroatoms. The maximum absolute atomic E-state index is 12.7. The summed E-state index contributed by atoms with van der Waals surface area (Å²) in [5.41, 5.74) is 1.14. The smallest absolute Gasteiger partial charge is 0.271 e. The van der Waals surface area contributed by atoms with Gasteiger partial charge in [-0.2, -0.15) is 0 Å². The first kappa shape index (κ1) is 19.5. The number of hydrogen-bond donors (Lipinski definition) is 1. The minimum Gasteiger partial charge on any atom is -0.493 e. The molecular weight excluding hydrogens is 408 g/mol. The molecule has 0 saturated carbocycles. The van der Waals surface area contributed by atoms with Gasteiger partial charge in [0.05, 0.1) is 42.0 Å². The average Bonchev–Trinajstić information content (AvgIpc) is 2.62. The van der Waals surface area contributed by atoms with Crippen molar-refractivity contribution >= 4 is 33.2 Å². The van der Waals surface area contributed by atoms with Gasteiger partial charge in [0.1, 0.15) is 0 Å². The van der Waals surface area contributed by atoms with Gasteiger partial charge in [0, 0.05) is 12.1 Å². The van der Waals surface area contributed by atoms with E-state index in [0.29, 0.717) is 33.0 Å². The number of non-ortho nitro benzene ring substituents is 1. The van der Waals surface area contributed by atoms with Crippen molar-refractivity contribution in [3.8, 4) is 17.2 Å². The highest BCUT2D eigenvalue weighted by molar-refractivity contribution is 9.10. The van der Waals surface area contributed by atoms with Crippen LogP contribution >= 0.6 is 15.9 Å². The van der Waals surface area contributed by atoms with Crippen LogP contribution in [0, 0.1) is 17.0 Å². The van der Waals surface area contributed by atoms with Crippen LogP contribution in [0.3, 0.4) is 0 Å². The average molecular weight is 425 g/mol. The first-order chi connectivity index (χ1) is 12.3. The van der Waals surface area contributed by atoms with Crippen molar-refractivity contribution in [2.75, 3.05) is 26.6 Å². The van der Waals surface area contributed by atoms with Crippen LogP contribution in [-0.4, -0.2) is 32.2 Å². The molecule has 0 radical (unpaired) electrons. The van der Waals surface area contributed by atoms with Crippen LogP contribution in [0.4, 0.5) is 11.4 Å². The summed E-state index contributed by atoms with van der Waals surface area (Å²) >= 11 is 3.34. The van der Waals surface area contributed by atoms with Crippen LogP contribution in [0.25, 0.3) is 0 Å². The van der Waals surface area contributed by atoms with E-state index in [9.17, 15) is 14.9 Å². The number of nitrogens with zero attached hydrogens (tertiary/aromatic N) is 1. The summed E-state index contributed by atoms with van der Waals surface area (Å²) in [7, 11) is 4.34. The lowest BCUT2D eigenvalue weighted by Crippen LogP contribution is -2.14. The molecular formula is C17H17BrN2O6. The van der Waals surface area contributed by atoms with Crippen molar-refractivity contribution in [2.24, 2.45) is 0 Å². The zero-order chi connectivity index (χ0) is 19.4. The molecule has 2 aromatic rings. The molecule has 2 rings (SSSR count). The Hall–Kier alpha value is -2.81. The molecule has 0 aromatic heterocycles. The Morgan fingerprint density at radius 2 is 1.77 bits per heavy atom. The lowest BCUT2D eigenvalue weighted by atomic mass is 10.1. The van der Waals surface area contributed by atoms with Gasteiger partial charge in [-0.1, -0.05) is 6.07 Å². The lowest BCUT2D eigenvalue weighted by Gasteiger charge is -2.17. The van der Waals surface area contributed by atoms with Crippen molar-refractivity contribution < 1.29 is 23.9 Å². The molecule has 0 unspecified atom stereocenters. The Morgan fingerprint density at radius 3 is 2.31 bits per heavy atom. The number of hydrogen-bond acceptors (Lipinski definition) is 6. The third-order valence-corrected chi connectivity index (χ3v) is 4.48. The largest absolute Gasteiger partial charge is 0.493 e. The molecule has 0 heterocycles. The quantitative estimate of drug-likeness (QED) is 0.556. The lowest BCUT2D eigenvalue weighted by molar-refractivity contribution is -0.384. The second-order valence-corrected chi connectivity index (χ2v) is 6.01. The van der Waals surface area contributed by atoms with E-state index in [-0.39, 0.29) is 11.3 Å². The van der Waals surface area contributed by atoms with Gasteiger partial charge in [0.25, 0.3) is 11.6 Å². The number of ether oxygens (including phenoxy) is 3. The Kier molecular flexibility index (Phi) is 6.04. The summed E-state index contributed by atoms with van der Waals surface area (Å²) in [4.78, 5) is 23.2. The second kappa shape index (κ2) is 8.05. The second-order valence-electron chi connectivity index (χ2n) is 5.22. The molecule has 2 aromatic carbocycles. The molecule has 138 valence electrons. The first-order valence-electron chi connectivity index (χ1n) is 7.38. The molecule has 0 aliphatic heterocycles.